The van der Waals surface area contributed by atoms with Crippen LogP contribution in [0.1, 0.15) is 26.7 Å². The molecular formula is C10H19NO2. The van der Waals surface area contributed by atoms with Crippen LogP contribution < -0.4 is 0 Å². The highest BCUT2D eigenvalue weighted by molar-refractivity contribution is 5.80. The van der Waals surface area contributed by atoms with Crippen molar-refractivity contribution in [2.24, 2.45) is 5.92 Å². The fourth-order valence-corrected chi connectivity index (χ4v) is 1.34. The molecule has 1 atom stereocenters. The minimum absolute atomic E-state index is 0.122. The molecule has 1 amide bonds. The van der Waals surface area contributed by atoms with Gasteiger partial charge in [-0.1, -0.05) is 0 Å². The Kier molecular flexibility index (Phi) is 3.72. The van der Waals surface area contributed by atoms with Crippen LogP contribution in [0.3, 0.4) is 0 Å². The molecule has 1 aliphatic carbocycles. The number of rotatable bonds is 5. The Morgan fingerprint density at radius 2 is 2.23 bits per heavy atom. The van der Waals surface area contributed by atoms with Crippen LogP contribution in [-0.2, 0) is 9.53 Å². The van der Waals surface area contributed by atoms with Gasteiger partial charge in [0.05, 0.1) is 0 Å². The monoisotopic (exact) mass is 185 g/mol. The van der Waals surface area contributed by atoms with Crippen LogP contribution in [0.25, 0.3) is 0 Å². The highest BCUT2D eigenvalue weighted by Gasteiger charge is 2.27. The smallest absolute Gasteiger partial charge is 0.251 e. The predicted octanol–water partition coefficient (Wildman–Crippen LogP) is 1.28. The van der Waals surface area contributed by atoms with Crippen LogP contribution in [0.5, 0.6) is 0 Å². The molecular weight excluding hydrogens is 166 g/mol. The molecule has 3 heteroatoms. The Morgan fingerprint density at radius 1 is 1.62 bits per heavy atom. The second-order valence-corrected chi connectivity index (χ2v) is 3.70. The molecule has 0 N–H and O–H groups in total. The third-order valence-corrected chi connectivity index (χ3v) is 2.57. The number of amides is 1. The predicted molar refractivity (Wildman–Crippen MR) is 51.4 cm³/mol. The summed E-state index contributed by atoms with van der Waals surface area (Å²) in [4.78, 5) is 13.6. The van der Waals surface area contributed by atoms with Crippen LogP contribution in [0, 0.1) is 5.92 Å². The van der Waals surface area contributed by atoms with Gasteiger partial charge in [0.15, 0.2) is 0 Å². The molecule has 76 valence electrons. The van der Waals surface area contributed by atoms with Gasteiger partial charge in [-0.2, -0.15) is 0 Å². The van der Waals surface area contributed by atoms with Crippen molar-refractivity contribution in [3.63, 3.8) is 0 Å². The molecule has 1 saturated carbocycles. The number of hydrogen-bond acceptors (Lipinski definition) is 2. The van der Waals surface area contributed by atoms with E-state index in [2.05, 4.69) is 0 Å². The van der Waals surface area contributed by atoms with E-state index in [9.17, 15) is 4.79 Å². The molecule has 0 saturated heterocycles. The molecule has 1 fully saturated rings. The van der Waals surface area contributed by atoms with Crippen molar-refractivity contribution in [3.05, 3.63) is 0 Å². The molecule has 0 aromatic heterocycles. The lowest BCUT2D eigenvalue weighted by Crippen LogP contribution is -2.39. The normalized spacial score (nSPS) is 18.4. The molecule has 13 heavy (non-hydrogen) atoms. The van der Waals surface area contributed by atoms with Crippen molar-refractivity contribution in [1.82, 2.24) is 4.90 Å². The maximum atomic E-state index is 11.7. The average molecular weight is 185 g/mol. The first-order valence-corrected chi connectivity index (χ1v) is 5.00. The van der Waals surface area contributed by atoms with Crippen molar-refractivity contribution in [2.75, 3.05) is 20.2 Å². The minimum Gasteiger partial charge on any atom is -0.372 e. The molecule has 3 nitrogen and oxygen atoms in total. The highest BCUT2D eigenvalue weighted by Crippen LogP contribution is 2.29. The number of nitrogens with zero attached hydrogens (tertiary/aromatic N) is 1. The summed E-state index contributed by atoms with van der Waals surface area (Å²) >= 11 is 0. The van der Waals surface area contributed by atoms with E-state index in [4.69, 9.17) is 4.74 Å². The van der Waals surface area contributed by atoms with E-state index >= 15 is 0 Å². The summed E-state index contributed by atoms with van der Waals surface area (Å²) in [5, 5.41) is 0. The quantitative estimate of drug-likeness (QED) is 0.645. The van der Waals surface area contributed by atoms with Crippen LogP contribution >= 0.6 is 0 Å². The van der Waals surface area contributed by atoms with Gasteiger partial charge >= 0.3 is 0 Å². The summed E-state index contributed by atoms with van der Waals surface area (Å²) in [6.07, 6.45) is 2.27. The van der Waals surface area contributed by atoms with E-state index in [1.54, 1.807) is 14.0 Å². The Bertz CT molecular complexity index is 178. The minimum atomic E-state index is -0.293. The molecule has 0 bridgehead atoms. The van der Waals surface area contributed by atoms with Gasteiger partial charge in [-0.3, -0.25) is 4.79 Å². The van der Waals surface area contributed by atoms with Gasteiger partial charge in [0, 0.05) is 20.2 Å². The van der Waals surface area contributed by atoms with Crippen LogP contribution in [0.15, 0.2) is 0 Å². The Labute approximate surface area is 80.1 Å². The van der Waals surface area contributed by atoms with E-state index in [0.717, 1.165) is 19.0 Å². The fraction of sp³-hybridized carbons (Fsp3) is 0.900. The third kappa shape index (κ3) is 2.99. The second-order valence-electron chi connectivity index (χ2n) is 3.70. The van der Waals surface area contributed by atoms with Crippen molar-refractivity contribution in [2.45, 2.75) is 32.8 Å². The first-order chi connectivity index (χ1) is 6.19. The molecule has 0 aliphatic heterocycles. The highest BCUT2D eigenvalue weighted by atomic mass is 16.5. The largest absolute Gasteiger partial charge is 0.372 e. The molecule has 0 heterocycles. The van der Waals surface area contributed by atoms with Crippen molar-refractivity contribution < 1.29 is 9.53 Å². The summed E-state index contributed by atoms with van der Waals surface area (Å²) in [5.74, 6) is 0.879. The zero-order valence-electron chi connectivity index (χ0n) is 8.75. The van der Waals surface area contributed by atoms with Gasteiger partial charge in [0.1, 0.15) is 6.10 Å². The van der Waals surface area contributed by atoms with E-state index in [0.29, 0.717) is 0 Å². The first kappa shape index (κ1) is 10.5. The Morgan fingerprint density at radius 3 is 2.62 bits per heavy atom. The topological polar surface area (TPSA) is 29.5 Å². The number of carbonyl (C=O) groups is 1. The molecule has 1 rings (SSSR count). The number of methoxy groups -OCH3 is 1. The Balaban J connectivity index is 2.38. The number of ether oxygens (including phenoxy) is 1. The third-order valence-electron chi connectivity index (χ3n) is 2.57. The number of likely N-dealkylation sites (N-methyl/N-ethyl adjacent to an activating group) is 1. The molecule has 1 aliphatic rings. The summed E-state index contributed by atoms with van der Waals surface area (Å²) in [7, 11) is 1.58. The summed E-state index contributed by atoms with van der Waals surface area (Å²) < 4.78 is 5.01. The fourth-order valence-electron chi connectivity index (χ4n) is 1.34. The Hall–Kier alpha value is -0.570. The van der Waals surface area contributed by atoms with E-state index < -0.39 is 0 Å². The summed E-state index contributed by atoms with van der Waals surface area (Å²) in [5.41, 5.74) is 0. The lowest BCUT2D eigenvalue weighted by molar-refractivity contribution is -0.140. The van der Waals surface area contributed by atoms with E-state index in [1.807, 2.05) is 11.8 Å². The lowest BCUT2D eigenvalue weighted by Gasteiger charge is -2.23. The molecule has 0 aromatic carbocycles. The van der Waals surface area contributed by atoms with Crippen LogP contribution in [0.4, 0.5) is 0 Å². The average Bonchev–Trinajstić information content (AvgIpc) is 2.95. The van der Waals surface area contributed by atoms with Crippen molar-refractivity contribution in [1.29, 1.82) is 0 Å². The maximum absolute atomic E-state index is 11.7. The standard InChI is InChI=1S/C10H19NO2/c1-4-11(7-9-5-6-9)10(12)8(2)13-3/h8-9H,4-7H2,1-3H3. The number of hydrogen-bond donors (Lipinski definition) is 0. The van der Waals surface area contributed by atoms with Gasteiger partial charge in [-0.05, 0) is 32.6 Å². The van der Waals surface area contributed by atoms with Crippen molar-refractivity contribution in [3.8, 4) is 0 Å². The van der Waals surface area contributed by atoms with Gasteiger partial charge in [0.25, 0.3) is 5.91 Å². The van der Waals surface area contributed by atoms with Crippen LogP contribution in [-0.4, -0.2) is 37.1 Å². The molecule has 0 radical (unpaired) electrons. The summed E-state index contributed by atoms with van der Waals surface area (Å²) in [6.45, 7) is 5.53. The van der Waals surface area contributed by atoms with Crippen molar-refractivity contribution >= 4 is 5.91 Å². The maximum Gasteiger partial charge on any atom is 0.251 e. The zero-order chi connectivity index (χ0) is 9.84. The lowest BCUT2D eigenvalue weighted by atomic mass is 10.3. The number of carbonyl (C=O) groups excluding carboxylic acids is 1. The first-order valence-electron chi connectivity index (χ1n) is 5.00. The molecule has 0 spiro atoms. The molecule has 0 aromatic rings. The summed E-state index contributed by atoms with van der Waals surface area (Å²) in [6, 6.07) is 0. The van der Waals surface area contributed by atoms with E-state index in [1.165, 1.54) is 12.8 Å². The van der Waals surface area contributed by atoms with E-state index in [-0.39, 0.29) is 12.0 Å². The zero-order valence-corrected chi connectivity index (χ0v) is 8.75. The SMILES string of the molecule is CCN(CC1CC1)C(=O)C(C)OC. The van der Waals surface area contributed by atoms with Crippen LogP contribution in [0.2, 0.25) is 0 Å². The second kappa shape index (κ2) is 4.61. The van der Waals surface area contributed by atoms with Gasteiger partial charge in [0.2, 0.25) is 0 Å². The van der Waals surface area contributed by atoms with Gasteiger partial charge in [-0.25, -0.2) is 0 Å². The molecule has 1 unspecified atom stereocenters. The van der Waals surface area contributed by atoms with Gasteiger partial charge in [-0.15, -0.1) is 0 Å². The van der Waals surface area contributed by atoms with Gasteiger partial charge < -0.3 is 9.64 Å².